The van der Waals surface area contributed by atoms with Gasteiger partial charge in [-0.05, 0) is 93.9 Å². The van der Waals surface area contributed by atoms with Gasteiger partial charge in [-0.2, -0.15) is 0 Å². The third-order valence-electron chi connectivity index (χ3n) is 7.40. The Kier molecular flexibility index (Phi) is 11.9. The van der Waals surface area contributed by atoms with E-state index in [0.29, 0.717) is 47.2 Å². The van der Waals surface area contributed by atoms with E-state index in [2.05, 4.69) is 29.9 Å². The van der Waals surface area contributed by atoms with E-state index in [1.807, 2.05) is 42.5 Å². The van der Waals surface area contributed by atoms with Gasteiger partial charge in [0.25, 0.3) is 0 Å². The zero-order valence-corrected chi connectivity index (χ0v) is 28.7. The molecule has 3 N–H and O–H groups in total. The number of aliphatic hydroxyl groups excluding tert-OH is 2. The van der Waals surface area contributed by atoms with Crippen LogP contribution in [0.15, 0.2) is 78.9 Å². The Balaban J connectivity index is 1.32. The summed E-state index contributed by atoms with van der Waals surface area (Å²) in [4.78, 5) is 13.4. The molecule has 3 aromatic carbocycles. The zero-order valence-electron chi connectivity index (χ0n) is 27.7. The highest BCUT2D eigenvalue weighted by atomic mass is 28.4. The van der Waals surface area contributed by atoms with Gasteiger partial charge in [0.2, 0.25) is 8.32 Å². The summed E-state index contributed by atoms with van der Waals surface area (Å²) in [5.74, 6) is 0.785. The van der Waals surface area contributed by atoms with Crippen LogP contribution >= 0.6 is 0 Å². The lowest BCUT2D eigenvalue weighted by molar-refractivity contribution is -0.138. The van der Waals surface area contributed by atoms with E-state index in [0.717, 1.165) is 16.6 Å². The van der Waals surface area contributed by atoms with E-state index in [1.165, 1.54) is 0 Å². The normalized spacial score (nSPS) is 13.3. The van der Waals surface area contributed by atoms with Crippen molar-refractivity contribution in [1.82, 2.24) is 15.0 Å². The first-order chi connectivity index (χ1) is 22.2. The molecule has 1 heterocycles. The molecule has 0 saturated carbocycles. The highest BCUT2D eigenvalue weighted by molar-refractivity contribution is 6.71. The largest absolute Gasteiger partial charge is 0.543 e. The second-order valence-corrected chi connectivity index (χ2v) is 16.9. The molecular weight excluding hydrogens is 618 g/mol. The minimum Gasteiger partial charge on any atom is -0.543 e. The number of fused-ring (bicyclic) bond motifs is 1. The number of rotatable bonds is 17. The molecule has 2 unspecified atom stereocenters. The van der Waals surface area contributed by atoms with Gasteiger partial charge in [-0.25, -0.2) is 4.79 Å². The lowest BCUT2D eigenvalue weighted by Crippen LogP contribution is -2.36. The van der Waals surface area contributed by atoms with Gasteiger partial charge in [0, 0.05) is 12.0 Å². The quantitative estimate of drug-likeness (QED) is 0.0449. The van der Waals surface area contributed by atoms with Crippen LogP contribution in [-0.2, 0) is 20.7 Å². The molecule has 47 heavy (non-hydrogen) atoms. The van der Waals surface area contributed by atoms with Gasteiger partial charge >= 0.3 is 5.97 Å². The van der Waals surface area contributed by atoms with E-state index in [4.69, 9.17) is 18.6 Å². The van der Waals surface area contributed by atoms with Gasteiger partial charge in [-0.3, -0.25) is 0 Å². The van der Waals surface area contributed by atoms with Crippen LogP contribution in [-0.4, -0.2) is 76.3 Å². The van der Waals surface area contributed by atoms with Crippen LogP contribution in [0.5, 0.6) is 11.5 Å². The predicted octanol–water partition coefficient (Wildman–Crippen LogP) is 5.27. The first-order valence-electron chi connectivity index (χ1n) is 15.6. The Hall–Kier alpha value is -4.07. The number of benzene rings is 3. The van der Waals surface area contributed by atoms with Crippen molar-refractivity contribution in [1.29, 1.82) is 0 Å². The fraction of sp³-hybridized carbons (Fsp3) is 0.400. The molecule has 4 aromatic rings. The van der Waals surface area contributed by atoms with Gasteiger partial charge in [-0.15, -0.1) is 15.0 Å². The molecule has 0 radical (unpaired) electrons. The molecular formula is C35H45N3O8Si. The predicted molar refractivity (Wildman–Crippen MR) is 181 cm³/mol. The zero-order chi connectivity index (χ0) is 34.2. The number of nitrogens with zero attached hydrogens (tertiary/aromatic N) is 3. The summed E-state index contributed by atoms with van der Waals surface area (Å²) in [5.41, 5.74) is 2.79. The van der Waals surface area contributed by atoms with Gasteiger partial charge in [0.1, 0.15) is 40.9 Å². The Morgan fingerprint density at radius 2 is 1.64 bits per heavy atom. The first kappa shape index (κ1) is 35.8. The highest BCUT2D eigenvalue weighted by Gasteiger charge is 2.28. The maximum absolute atomic E-state index is 11.8. The van der Waals surface area contributed by atoms with E-state index in [9.17, 15) is 20.1 Å². The molecule has 4 rings (SSSR count). The number of aromatic nitrogens is 3. The van der Waals surface area contributed by atoms with Crippen molar-refractivity contribution in [3.63, 3.8) is 0 Å². The molecule has 252 valence electrons. The van der Waals surface area contributed by atoms with Gasteiger partial charge in [-0.1, -0.05) is 36.9 Å². The molecule has 0 saturated heterocycles. The topological polar surface area (TPSA) is 145 Å². The van der Waals surface area contributed by atoms with Crippen molar-refractivity contribution in [2.24, 2.45) is 0 Å². The van der Waals surface area contributed by atoms with Crippen LogP contribution in [0, 0.1) is 0 Å². The number of aliphatic hydroxyl groups is 3. The van der Waals surface area contributed by atoms with Crippen molar-refractivity contribution in [2.75, 3.05) is 19.8 Å². The minimum atomic E-state index is -2.37. The molecule has 0 aliphatic heterocycles. The fourth-order valence-electron chi connectivity index (χ4n) is 4.71. The number of carbonyl (C=O) groups is 1. The highest BCUT2D eigenvalue weighted by Crippen LogP contribution is 2.30. The Bertz CT molecular complexity index is 1620. The third-order valence-corrected chi connectivity index (χ3v) is 9.67. The van der Waals surface area contributed by atoms with Crippen LogP contribution in [0.2, 0.25) is 19.1 Å². The maximum Gasteiger partial charge on any atom is 0.333 e. The Morgan fingerprint density at radius 3 is 2.26 bits per heavy atom. The number of esters is 1. The summed E-state index contributed by atoms with van der Waals surface area (Å²) in [7, 11) is -2.37. The van der Waals surface area contributed by atoms with Crippen LogP contribution in [0.3, 0.4) is 0 Å². The molecule has 2 atom stereocenters. The van der Waals surface area contributed by atoms with Crippen molar-refractivity contribution in [2.45, 2.75) is 70.7 Å². The summed E-state index contributed by atoms with van der Waals surface area (Å²) in [6, 6.07) is 20.8. The Labute approximate surface area is 276 Å². The molecule has 0 bridgehead atoms. The number of ether oxygens (including phenoxy) is 3. The third kappa shape index (κ3) is 10.5. The smallest absolute Gasteiger partial charge is 0.333 e. The number of hydrogen-bond acceptors (Lipinski definition) is 10. The summed E-state index contributed by atoms with van der Waals surface area (Å²) < 4.78 is 23.2. The van der Waals surface area contributed by atoms with E-state index < -0.39 is 32.3 Å². The molecule has 12 heteroatoms. The lowest BCUT2D eigenvalue weighted by atomic mass is 9.95. The maximum atomic E-state index is 11.8. The summed E-state index contributed by atoms with van der Waals surface area (Å²) >= 11 is 0. The first-order valence-corrected chi connectivity index (χ1v) is 18.7. The second kappa shape index (κ2) is 15.7. The lowest BCUT2D eigenvalue weighted by Gasteiger charge is -2.26. The average Bonchev–Trinajstić information content (AvgIpc) is 3.46. The molecule has 1 aromatic heterocycles. The SMILES string of the molecule is C=C(C)C(=O)OCCc1ccc(O[Si](C)(C)CCC(O)OCCOc2ccc(C(O)C(C)(C)O)cc2)c(-n2nc3ccccc3n2)c1. The van der Waals surface area contributed by atoms with Crippen molar-refractivity contribution < 1.29 is 38.8 Å². The van der Waals surface area contributed by atoms with Gasteiger partial charge in [0.15, 0.2) is 6.29 Å². The summed E-state index contributed by atoms with van der Waals surface area (Å²) in [6.45, 7) is 13.1. The summed E-state index contributed by atoms with van der Waals surface area (Å²) in [6.07, 6.45) is -1.11. The van der Waals surface area contributed by atoms with Crippen LogP contribution in [0.4, 0.5) is 0 Å². The van der Waals surface area contributed by atoms with Crippen LogP contribution in [0.25, 0.3) is 16.7 Å². The van der Waals surface area contributed by atoms with Crippen molar-refractivity contribution in [3.05, 3.63) is 90.0 Å². The molecule has 0 amide bonds. The standard InChI is InChI=1S/C35H45N3O8Si/c1-24(2)34(41)45-19-17-25-11-16-31(30(23-25)38-36-28-9-7-8-10-29(28)37-38)46-47(5,6)22-18-32(39)44-21-20-43-27-14-12-26(13-15-27)33(40)35(3,4)42/h7-16,23,32-33,39-40,42H,1,17-22H2,2-6H3. The number of carbonyl (C=O) groups excluding carboxylic acids is 1. The minimum absolute atomic E-state index is 0.184. The van der Waals surface area contributed by atoms with E-state index in [1.54, 1.807) is 49.8 Å². The fourth-order valence-corrected chi connectivity index (χ4v) is 6.53. The number of hydrogen-bond donors (Lipinski definition) is 3. The second-order valence-electron chi connectivity index (χ2n) is 12.6. The molecule has 0 aliphatic carbocycles. The van der Waals surface area contributed by atoms with Crippen molar-refractivity contribution >= 4 is 25.3 Å². The van der Waals surface area contributed by atoms with Crippen LogP contribution in [0.1, 0.15) is 44.4 Å². The van der Waals surface area contributed by atoms with Crippen LogP contribution < -0.4 is 9.16 Å². The Morgan fingerprint density at radius 1 is 0.979 bits per heavy atom. The molecule has 11 nitrogen and oxygen atoms in total. The summed E-state index contributed by atoms with van der Waals surface area (Å²) in [5, 5.41) is 40.1. The van der Waals surface area contributed by atoms with E-state index in [-0.39, 0.29) is 19.8 Å². The monoisotopic (exact) mass is 663 g/mol. The molecule has 0 fully saturated rings. The molecule has 0 spiro atoms. The van der Waals surface area contributed by atoms with Crippen molar-refractivity contribution in [3.8, 4) is 17.2 Å². The van der Waals surface area contributed by atoms with E-state index >= 15 is 0 Å². The average molecular weight is 664 g/mol. The van der Waals surface area contributed by atoms with Gasteiger partial charge < -0.3 is 34.0 Å². The molecule has 0 aliphatic rings. The van der Waals surface area contributed by atoms with Gasteiger partial charge in [0.05, 0.1) is 18.8 Å².